The Kier molecular flexibility index (Phi) is 3.86. The Morgan fingerprint density at radius 1 is 1.14 bits per heavy atom. The summed E-state index contributed by atoms with van der Waals surface area (Å²) in [6.07, 6.45) is 0. The van der Waals surface area contributed by atoms with E-state index in [0.29, 0.717) is 0 Å². The largest absolute Gasteiger partial charge is 0.478 e. The Bertz CT molecular complexity index is 763. The van der Waals surface area contributed by atoms with Gasteiger partial charge in [0.05, 0.1) is 16.7 Å². The van der Waals surface area contributed by atoms with E-state index in [4.69, 9.17) is 20.8 Å². The van der Waals surface area contributed by atoms with E-state index >= 15 is 0 Å². The third kappa shape index (κ3) is 2.98. The second-order valence-electron chi connectivity index (χ2n) is 4.09. The maximum Gasteiger partial charge on any atom is 0.335 e. The van der Waals surface area contributed by atoms with Crippen molar-refractivity contribution < 1.29 is 19.4 Å². The van der Waals surface area contributed by atoms with Crippen molar-refractivity contribution in [1.29, 1.82) is 5.26 Å². The van der Waals surface area contributed by atoms with E-state index in [-0.39, 0.29) is 28.2 Å². The molecule has 0 fully saturated rings. The molecule has 104 valence electrons. The highest BCUT2D eigenvalue weighted by atomic mass is 16.5. The first-order valence-corrected chi connectivity index (χ1v) is 5.87. The SMILES string of the molecule is N#Cc1cc(C(=O)O)ccc1Oc1ccccc1C(N)=O. The lowest BCUT2D eigenvalue weighted by Crippen LogP contribution is -2.12. The molecule has 0 saturated carbocycles. The fourth-order valence-electron chi connectivity index (χ4n) is 1.72. The number of nitrogens with two attached hydrogens (primary N) is 1. The molecule has 2 aromatic carbocycles. The molecular formula is C15H10N2O4. The molecule has 0 atom stereocenters. The Balaban J connectivity index is 2.43. The first kappa shape index (κ1) is 14.1. The Labute approximate surface area is 120 Å². The number of hydrogen-bond donors (Lipinski definition) is 2. The molecule has 2 rings (SSSR count). The van der Waals surface area contributed by atoms with Gasteiger partial charge in [-0.1, -0.05) is 12.1 Å². The molecule has 0 aromatic heterocycles. The van der Waals surface area contributed by atoms with E-state index in [1.165, 1.54) is 30.3 Å². The number of aromatic carboxylic acids is 1. The van der Waals surface area contributed by atoms with Gasteiger partial charge in [-0.25, -0.2) is 4.79 Å². The number of para-hydroxylation sites is 1. The van der Waals surface area contributed by atoms with Crippen LogP contribution in [0.3, 0.4) is 0 Å². The number of carbonyl (C=O) groups is 2. The Morgan fingerprint density at radius 2 is 1.86 bits per heavy atom. The van der Waals surface area contributed by atoms with Gasteiger partial charge in [-0.3, -0.25) is 4.79 Å². The maximum absolute atomic E-state index is 11.3. The molecule has 0 aliphatic rings. The molecule has 0 bridgehead atoms. The molecule has 0 aliphatic heterocycles. The zero-order valence-electron chi connectivity index (χ0n) is 10.7. The summed E-state index contributed by atoms with van der Waals surface area (Å²) < 4.78 is 5.51. The normalized spacial score (nSPS) is 9.67. The van der Waals surface area contributed by atoms with Crippen LogP contribution in [0.25, 0.3) is 0 Å². The van der Waals surface area contributed by atoms with Crippen LogP contribution in [-0.2, 0) is 0 Å². The van der Waals surface area contributed by atoms with Gasteiger partial charge >= 0.3 is 5.97 Å². The second-order valence-corrected chi connectivity index (χ2v) is 4.09. The summed E-state index contributed by atoms with van der Waals surface area (Å²) in [6, 6.07) is 12.0. The van der Waals surface area contributed by atoms with Crippen LogP contribution in [0.2, 0.25) is 0 Å². The van der Waals surface area contributed by atoms with Crippen molar-refractivity contribution >= 4 is 11.9 Å². The average molecular weight is 282 g/mol. The predicted molar refractivity (Wildman–Crippen MR) is 73.2 cm³/mol. The summed E-state index contributed by atoms with van der Waals surface area (Å²) >= 11 is 0. The van der Waals surface area contributed by atoms with Gasteiger partial charge in [0, 0.05) is 0 Å². The third-order valence-electron chi connectivity index (χ3n) is 2.72. The van der Waals surface area contributed by atoms with Crippen molar-refractivity contribution in [3.8, 4) is 17.6 Å². The van der Waals surface area contributed by atoms with Crippen LogP contribution in [0.5, 0.6) is 11.5 Å². The van der Waals surface area contributed by atoms with E-state index in [0.717, 1.165) is 0 Å². The van der Waals surface area contributed by atoms with Crippen LogP contribution in [0.15, 0.2) is 42.5 Å². The van der Waals surface area contributed by atoms with Crippen LogP contribution in [-0.4, -0.2) is 17.0 Å². The van der Waals surface area contributed by atoms with Crippen LogP contribution >= 0.6 is 0 Å². The van der Waals surface area contributed by atoms with Gasteiger partial charge in [0.2, 0.25) is 0 Å². The van der Waals surface area contributed by atoms with Crippen molar-refractivity contribution in [2.45, 2.75) is 0 Å². The molecule has 21 heavy (non-hydrogen) atoms. The van der Waals surface area contributed by atoms with Crippen LogP contribution in [0.1, 0.15) is 26.3 Å². The van der Waals surface area contributed by atoms with Crippen molar-refractivity contribution in [2.75, 3.05) is 0 Å². The molecule has 3 N–H and O–H groups in total. The van der Waals surface area contributed by atoms with E-state index in [9.17, 15) is 9.59 Å². The van der Waals surface area contributed by atoms with E-state index < -0.39 is 11.9 Å². The van der Waals surface area contributed by atoms with Crippen molar-refractivity contribution in [1.82, 2.24) is 0 Å². The van der Waals surface area contributed by atoms with E-state index in [1.807, 2.05) is 6.07 Å². The van der Waals surface area contributed by atoms with E-state index in [2.05, 4.69) is 0 Å². The first-order chi connectivity index (χ1) is 10.0. The molecule has 6 nitrogen and oxygen atoms in total. The Hall–Kier alpha value is -3.33. The van der Waals surface area contributed by atoms with Crippen LogP contribution in [0, 0.1) is 11.3 Å². The molecule has 0 aliphatic carbocycles. The fourth-order valence-corrected chi connectivity index (χ4v) is 1.72. The average Bonchev–Trinajstić information content (AvgIpc) is 2.47. The Morgan fingerprint density at radius 3 is 2.48 bits per heavy atom. The minimum Gasteiger partial charge on any atom is -0.478 e. The number of primary amides is 1. The zero-order valence-corrected chi connectivity index (χ0v) is 10.7. The van der Waals surface area contributed by atoms with Gasteiger partial charge in [0.15, 0.2) is 0 Å². The summed E-state index contributed by atoms with van der Waals surface area (Å²) in [6.45, 7) is 0. The standard InChI is InChI=1S/C15H10N2O4/c16-8-10-7-9(15(19)20)5-6-12(10)21-13-4-2-1-3-11(13)14(17)18/h1-7H,(H2,17,18)(H,19,20). The number of nitriles is 1. The molecule has 0 unspecified atom stereocenters. The number of carboxylic acids is 1. The van der Waals surface area contributed by atoms with Gasteiger partial charge in [-0.2, -0.15) is 5.26 Å². The number of amides is 1. The van der Waals surface area contributed by atoms with Crippen molar-refractivity contribution in [3.05, 3.63) is 59.2 Å². The van der Waals surface area contributed by atoms with Gasteiger partial charge in [0.25, 0.3) is 5.91 Å². The quantitative estimate of drug-likeness (QED) is 0.891. The lowest BCUT2D eigenvalue weighted by Gasteiger charge is -2.10. The van der Waals surface area contributed by atoms with Crippen LogP contribution < -0.4 is 10.5 Å². The summed E-state index contributed by atoms with van der Waals surface area (Å²) in [5.74, 6) is -1.46. The first-order valence-electron chi connectivity index (χ1n) is 5.87. The fraction of sp³-hybridized carbons (Fsp3) is 0. The number of rotatable bonds is 4. The van der Waals surface area contributed by atoms with Gasteiger partial charge < -0.3 is 15.6 Å². The summed E-state index contributed by atoms with van der Waals surface area (Å²) in [5, 5.41) is 18.0. The second kappa shape index (κ2) is 5.75. The highest BCUT2D eigenvalue weighted by Crippen LogP contribution is 2.28. The summed E-state index contributed by atoms with van der Waals surface area (Å²) in [5.41, 5.74) is 5.44. The smallest absolute Gasteiger partial charge is 0.335 e. The van der Waals surface area contributed by atoms with Gasteiger partial charge in [-0.05, 0) is 30.3 Å². The van der Waals surface area contributed by atoms with Gasteiger partial charge in [0.1, 0.15) is 17.6 Å². The zero-order chi connectivity index (χ0) is 15.4. The molecule has 0 saturated heterocycles. The number of hydrogen-bond acceptors (Lipinski definition) is 4. The summed E-state index contributed by atoms with van der Waals surface area (Å²) in [4.78, 5) is 22.2. The lowest BCUT2D eigenvalue weighted by molar-refractivity contribution is 0.0696. The molecule has 0 heterocycles. The minimum absolute atomic E-state index is 0.0258. The number of carbonyl (C=O) groups excluding carboxylic acids is 1. The molecule has 2 aromatic rings. The minimum atomic E-state index is -1.14. The molecule has 0 spiro atoms. The highest BCUT2D eigenvalue weighted by molar-refractivity contribution is 5.95. The third-order valence-corrected chi connectivity index (χ3v) is 2.72. The number of carboxylic acid groups (broad SMARTS) is 1. The number of benzene rings is 2. The lowest BCUT2D eigenvalue weighted by atomic mass is 10.1. The van der Waals surface area contributed by atoms with E-state index in [1.54, 1.807) is 12.1 Å². The van der Waals surface area contributed by atoms with Gasteiger partial charge in [-0.15, -0.1) is 0 Å². The molecule has 6 heteroatoms. The van der Waals surface area contributed by atoms with Crippen LogP contribution in [0.4, 0.5) is 0 Å². The molecule has 0 radical (unpaired) electrons. The number of nitrogens with zero attached hydrogens (tertiary/aromatic N) is 1. The predicted octanol–water partition coefficient (Wildman–Crippen LogP) is 2.15. The molecule has 1 amide bonds. The number of ether oxygens (including phenoxy) is 1. The highest BCUT2D eigenvalue weighted by Gasteiger charge is 2.13. The van der Waals surface area contributed by atoms with Crippen molar-refractivity contribution in [3.63, 3.8) is 0 Å². The summed E-state index contributed by atoms with van der Waals surface area (Å²) in [7, 11) is 0. The maximum atomic E-state index is 11.3. The molecular weight excluding hydrogens is 272 g/mol. The topological polar surface area (TPSA) is 113 Å². The van der Waals surface area contributed by atoms with Crippen molar-refractivity contribution in [2.24, 2.45) is 5.73 Å². The monoisotopic (exact) mass is 282 g/mol.